The Balaban J connectivity index is 1.85. The lowest BCUT2D eigenvalue weighted by Crippen LogP contribution is -2.63. The van der Waals surface area contributed by atoms with Gasteiger partial charge < -0.3 is 33.7 Å². The van der Waals surface area contributed by atoms with E-state index in [-0.39, 0.29) is 17.7 Å². The Morgan fingerprint density at radius 1 is 0.970 bits per heavy atom. The molecule has 5 atom stereocenters. The van der Waals surface area contributed by atoms with Gasteiger partial charge in [-0.1, -0.05) is 0 Å². The molecule has 0 spiro atoms. The fourth-order valence-electron chi connectivity index (χ4n) is 4.79. The number of carbonyl (C=O) groups excluding carboxylic acids is 4. The molecule has 1 saturated carbocycles. The average Bonchev–Trinajstić information content (AvgIpc) is 2.74. The third-order valence-corrected chi connectivity index (χ3v) is 5.83. The minimum absolute atomic E-state index is 0.191. The second-order valence-electron chi connectivity index (χ2n) is 8.04. The molecule has 0 saturated heterocycles. The summed E-state index contributed by atoms with van der Waals surface area (Å²) in [6.07, 6.45) is -2.92. The number of fused-ring (bicyclic) bond motifs is 4. The van der Waals surface area contributed by atoms with E-state index in [9.17, 15) is 19.2 Å². The van der Waals surface area contributed by atoms with Crippen LogP contribution in [0.1, 0.15) is 49.0 Å². The number of ether oxygens (including phenoxy) is 6. The fourth-order valence-corrected chi connectivity index (χ4v) is 4.79. The number of hydrogen-bond acceptors (Lipinski definition) is 10. The van der Waals surface area contributed by atoms with Gasteiger partial charge in [0, 0.05) is 26.7 Å². The molecule has 1 aromatic rings. The number of esters is 3. The first-order chi connectivity index (χ1) is 15.7. The molecular formula is C22H25NO10. The third kappa shape index (κ3) is 4.14. The highest BCUT2D eigenvalue weighted by Crippen LogP contribution is 2.50. The van der Waals surface area contributed by atoms with E-state index in [1.807, 2.05) is 0 Å². The first kappa shape index (κ1) is 22.7. The number of rotatable bonds is 4. The molecule has 11 nitrogen and oxygen atoms in total. The van der Waals surface area contributed by atoms with Gasteiger partial charge in [0.1, 0.15) is 19.3 Å². The van der Waals surface area contributed by atoms with Gasteiger partial charge in [0.15, 0.2) is 23.7 Å². The maximum Gasteiger partial charge on any atom is 0.303 e. The normalized spacial score (nSPS) is 27.3. The molecule has 0 aromatic heterocycles. The Morgan fingerprint density at radius 3 is 2.24 bits per heavy atom. The van der Waals surface area contributed by atoms with E-state index >= 15 is 0 Å². The Bertz CT molecular complexity index is 1010. The Kier molecular flexibility index (Phi) is 6.05. The molecule has 3 aliphatic rings. The van der Waals surface area contributed by atoms with Crippen molar-refractivity contribution in [3.05, 3.63) is 17.2 Å². The van der Waals surface area contributed by atoms with Crippen molar-refractivity contribution >= 4 is 23.8 Å². The first-order valence-electron chi connectivity index (χ1n) is 10.5. The molecule has 1 aliphatic carbocycles. The molecule has 0 bridgehead atoms. The molecule has 1 fully saturated rings. The smallest absolute Gasteiger partial charge is 0.303 e. The van der Waals surface area contributed by atoms with Gasteiger partial charge in [0.25, 0.3) is 5.91 Å². The molecule has 5 unspecified atom stereocenters. The largest absolute Gasteiger partial charge is 0.492 e. The summed E-state index contributed by atoms with van der Waals surface area (Å²) in [4.78, 5) is 48.8. The van der Waals surface area contributed by atoms with Crippen LogP contribution in [0.25, 0.3) is 0 Å². The maximum atomic E-state index is 13.2. The van der Waals surface area contributed by atoms with E-state index in [1.165, 1.54) is 27.9 Å². The number of carbonyl (C=O) groups is 4. The van der Waals surface area contributed by atoms with Gasteiger partial charge in [-0.25, -0.2) is 0 Å². The highest BCUT2D eigenvalue weighted by molar-refractivity contribution is 6.01. The lowest BCUT2D eigenvalue weighted by Gasteiger charge is -2.47. The van der Waals surface area contributed by atoms with E-state index in [4.69, 9.17) is 28.4 Å². The lowest BCUT2D eigenvalue weighted by atomic mass is 9.71. The quantitative estimate of drug-likeness (QED) is 0.506. The van der Waals surface area contributed by atoms with Crippen LogP contribution in [0.15, 0.2) is 6.07 Å². The number of hydrogen-bond donors (Lipinski definition) is 1. The summed E-state index contributed by atoms with van der Waals surface area (Å²) in [5.74, 6) is -1.83. The lowest BCUT2D eigenvalue weighted by molar-refractivity contribution is -0.194. The Labute approximate surface area is 189 Å². The van der Waals surface area contributed by atoms with Crippen molar-refractivity contribution in [2.24, 2.45) is 0 Å². The van der Waals surface area contributed by atoms with Crippen LogP contribution in [0.2, 0.25) is 0 Å². The zero-order valence-electron chi connectivity index (χ0n) is 18.7. The van der Waals surface area contributed by atoms with Gasteiger partial charge in [-0.15, -0.1) is 0 Å². The van der Waals surface area contributed by atoms with Crippen molar-refractivity contribution in [1.29, 1.82) is 0 Å². The van der Waals surface area contributed by atoms with E-state index in [1.54, 1.807) is 6.07 Å². The van der Waals surface area contributed by atoms with E-state index in [2.05, 4.69) is 5.32 Å². The predicted octanol–water partition coefficient (Wildman–Crippen LogP) is 0.861. The Morgan fingerprint density at radius 2 is 1.61 bits per heavy atom. The predicted molar refractivity (Wildman–Crippen MR) is 109 cm³/mol. The SMILES string of the molecule is COc1c2c(cc3c1C(=O)NC1C3CC(OC(C)=O)C(OC(C)=O)C1OC(C)=O)OCCO2. The maximum absolute atomic E-state index is 13.2. The summed E-state index contributed by atoms with van der Waals surface area (Å²) in [5, 5.41) is 2.86. The van der Waals surface area contributed by atoms with Gasteiger partial charge in [-0.05, 0) is 18.1 Å². The molecule has 11 heteroatoms. The zero-order chi connectivity index (χ0) is 23.9. The molecule has 178 valence electrons. The second kappa shape index (κ2) is 8.80. The summed E-state index contributed by atoms with van der Waals surface area (Å²) >= 11 is 0. The van der Waals surface area contributed by atoms with Crippen LogP contribution >= 0.6 is 0 Å². The van der Waals surface area contributed by atoms with Crippen LogP contribution in [0.4, 0.5) is 0 Å². The Hall–Kier alpha value is -3.50. The second-order valence-corrected chi connectivity index (χ2v) is 8.04. The molecular weight excluding hydrogens is 438 g/mol. The number of nitrogens with one attached hydrogen (secondary N) is 1. The van der Waals surface area contributed by atoms with E-state index in [0.717, 1.165) is 0 Å². The highest BCUT2D eigenvalue weighted by atomic mass is 16.6. The van der Waals surface area contributed by atoms with Gasteiger partial charge in [0.2, 0.25) is 5.75 Å². The van der Waals surface area contributed by atoms with Gasteiger partial charge >= 0.3 is 17.9 Å². The molecule has 33 heavy (non-hydrogen) atoms. The monoisotopic (exact) mass is 463 g/mol. The standard InChI is InChI=1S/C22H25NO10/c1-9(24)31-15-8-13-12-7-14-18(30-6-5-29-14)20(28-4)16(12)22(27)23-17(13)21(33-11(3)26)19(15)32-10(2)25/h7,13,15,17,19,21H,5-6,8H2,1-4H3,(H,23,27). The third-order valence-electron chi connectivity index (χ3n) is 5.83. The first-order valence-corrected chi connectivity index (χ1v) is 10.5. The highest BCUT2D eigenvalue weighted by Gasteiger charge is 2.54. The van der Waals surface area contributed by atoms with Crippen molar-refractivity contribution in [2.75, 3.05) is 20.3 Å². The van der Waals surface area contributed by atoms with Crippen molar-refractivity contribution < 1.29 is 47.6 Å². The van der Waals surface area contributed by atoms with Crippen LogP contribution < -0.4 is 19.5 Å². The minimum atomic E-state index is -1.10. The summed E-state index contributed by atoms with van der Waals surface area (Å²) in [5.41, 5.74) is 0.831. The van der Waals surface area contributed by atoms with Crippen molar-refractivity contribution in [1.82, 2.24) is 5.32 Å². The molecule has 1 amide bonds. The van der Waals surface area contributed by atoms with Crippen molar-refractivity contribution in [3.8, 4) is 17.2 Å². The zero-order valence-corrected chi connectivity index (χ0v) is 18.7. The van der Waals surface area contributed by atoms with Crippen LogP contribution in [0.3, 0.4) is 0 Å². The molecule has 1 N–H and O–H groups in total. The number of benzene rings is 1. The van der Waals surface area contributed by atoms with E-state index in [0.29, 0.717) is 30.3 Å². The number of amides is 1. The molecule has 0 radical (unpaired) electrons. The van der Waals surface area contributed by atoms with Gasteiger partial charge in [0.05, 0.1) is 18.7 Å². The average molecular weight is 463 g/mol. The van der Waals surface area contributed by atoms with E-state index < -0.39 is 54.1 Å². The van der Waals surface area contributed by atoms with Crippen LogP contribution in [-0.2, 0) is 28.6 Å². The van der Waals surface area contributed by atoms with Crippen molar-refractivity contribution in [2.45, 2.75) is 57.5 Å². The molecule has 2 aliphatic heterocycles. The molecule has 2 heterocycles. The van der Waals surface area contributed by atoms with Gasteiger partial charge in [-0.3, -0.25) is 19.2 Å². The molecule has 4 rings (SSSR count). The summed E-state index contributed by atoms with van der Waals surface area (Å²) < 4.78 is 33.3. The minimum Gasteiger partial charge on any atom is -0.492 e. The van der Waals surface area contributed by atoms with Crippen LogP contribution in [0, 0.1) is 0 Å². The summed E-state index contributed by atoms with van der Waals surface area (Å²) in [6.45, 7) is 4.28. The van der Waals surface area contributed by atoms with Crippen LogP contribution in [-0.4, -0.2) is 68.5 Å². The summed E-state index contributed by atoms with van der Waals surface area (Å²) in [7, 11) is 1.42. The molecule has 1 aromatic carbocycles. The van der Waals surface area contributed by atoms with Crippen LogP contribution in [0.5, 0.6) is 17.2 Å². The van der Waals surface area contributed by atoms with Crippen molar-refractivity contribution in [3.63, 3.8) is 0 Å². The topological polar surface area (TPSA) is 136 Å². The fraction of sp³-hybridized carbons (Fsp3) is 0.545. The summed E-state index contributed by atoms with van der Waals surface area (Å²) in [6, 6.07) is 0.946. The number of methoxy groups -OCH3 is 1. The van der Waals surface area contributed by atoms with Gasteiger partial charge in [-0.2, -0.15) is 0 Å².